The number of nitrogens with zero attached hydrogens (tertiary/aromatic N) is 3. The first-order valence-electron chi connectivity index (χ1n) is 44.4. The lowest BCUT2D eigenvalue weighted by molar-refractivity contribution is -0.156. The molecule has 0 bridgehead atoms. The highest BCUT2D eigenvalue weighted by molar-refractivity contribution is 6.13. The minimum Gasteiger partial charge on any atom is -0.456 e. The van der Waals surface area contributed by atoms with Crippen LogP contribution in [-0.2, 0) is 132 Å². The maximum absolute atomic E-state index is 14.4. The number of alkyl carbamates (subject to hydrolysis) is 1. The Hall–Kier alpha value is -10.6. The lowest BCUT2D eigenvalue weighted by Crippen LogP contribution is -2.57. The number of anilines is 1. The Balaban J connectivity index is 1.27. The highest BCUT2D eigenvalue weighted by Gasteiger charge is 2.39. The normalized spacial score (nSPS) is 20.3. The summed E-state index contributed by atoms with van der Waals surface area (Å²) in [4.78, 5) is 204. The van der Waals surface area contributed by atoms with Gasteiger partial charge in [0.15, 0.2) is 11.9 Å². The Morgan fingerprint density at radius 2 is 1.20 bits per heavy atom. The number of nitrogens with two attached hydrogens (primary N) is 1. The maximum Gasteiger partial charge on any atom is 0.409 e. The number of ketones is 1. The van der Waals surface area contributed by atoms with Gasteiger partial charge in [-0.15, -0.1) is 0 Å². The van der Waals surface area contributed by atoms with Gasteiger partial charge >= 0.3 is 24.1 Å². The number of amides is 13. The molecule has 2 aliphatic heterocycles. The summed E-state index contributed by atoms with van der Waals surface area (Å²) < 4.78 is 68.1. The first-order chi connectivity index (χ1) is 62.0. The van der Waals surface area contributed by atoms with E-state index in [1.54, 1.807) is 102 Å². The van der Waals surface area contributed by atoms with Crippen molar-refractivity contribution in [3.8, 4) is 0 Å². The van der Waals surface area contributed by atoms with Crippen LogP contribution in [-0.4, -0.2) is 305 Å². The summed E-state index contributed by atoms with van der Waals surface area (Å²) in [6.07, 6.45) is 1.80. The van der Waals surface area contributed by atoms with Gasteiger partial charge in [-0.1, -0.05) is 110 Å². The van der Waals surface area contributed by atoms with Crippen molar-refractivity contribution in [1.29, 1.82) is 0 Å². The number of primary amides is 1. The Bertz CT molecular complexity index is 3980. The van der Waals surface area contributed by atoms with Crippen LogP contribution in [0.4, 0.5) is 15.3 Å². The molecule has 13 amide bonds. The molecule has 0 aliphatic carbocycles. The van der Waals surface area contributed by atoms with Crippen molar-refractivity contribution in [2.45, 2.75) is 196 Å². The molecule has 1 unspecified atom stereocenters. The predicted octanol–water partition coefficient (Wildman–Crippen LogP) is 4.20. The number of ether oxygens (including phenoxy) is 12. The molecule has 0 fully saturated rings. The molecule has 0 saturated heterocycles. The van der Waals surface area contributed by atoms with E-state index in [1.807, 2.05) is 20.8 Å². The molecule has 2 aromatic carbocycles. The molecule has 2 heterocycles. The zero-order valence-electron chi connectivity index (χ0n) is 77.9. The topological polar surface area (TPSA) is 499 Å². The van der Waals surface area contributed by atoms with E-state index in [2.05, 4.69) is 42.5 Å². The van der Waals surface area contributed by atoms with E-state index < -0.39 is 163 Å². The van der Waals surface area contributed by atoms with E-state index in [0.717, 1.165) is 9.80 Å². The molecule has 2 aliphatic rings. The lowest BCUT2D eigenvalue weighted by atomic mass is 9.89. The number of hydrogen-bond acceptors (Lipinski definition) is 27. The number of nitrogens with one attached hydrogen (secondary N) is 8. The van der Waals surface area contributed by atoms with Gasteiger partial charge in [0, 0.05) is 94.7 Å². The molecular formula is C91H140N12O27. The van der Waals surface area contributed by atoms with Gasteiger partial charge in [0.05, 0.1) is 124 Å². The summed E-state index contributed by atoms with van der Waals surface area (Å²) in [5.74, 6) is -10.4. The van der Waals surface area contributed by atoms with Crippen LogP contribution in [0.1, 0.15) is 146 Å². The number of allylic oxidation sites excluding steroid dienone is 1. The molecule has 0 saturated carbocycles. The summed E-state index contributed by atoms with van der Waals surface area (Å²) >= 11 is 0. The Morgan fingerprint density at radius 1 is 0.638 bits per heavy atom. The van der Waals surface area contributed by atoms with Gasteiger partial charge in [-0.05, 0) is 107 Å². The Morgan fingerprint density at radius 3 is 1.75 bits per heavy atom. The van der Waals surface area contributed by atoms with E-state index in [4.69, 9.17) is 62.6 Å². The monoisotopic (exact) mass is 1830 g/mol. The number of benzene rings is 2. The van der Waals surface area contributed by atoms with Crippen molar-refractivity contribution in [1.82, 2.24) is 51.9 Å². The van der Waals surface area contributed by atoms with Crippen LogP contribution < -0.4 is 48.3 Å². The number of urea groups is 1. The first kappa shape index (κ1) is 112. The van der Waals surface area contributed by atoms with Gasteiger partial charge in [0.1, 0.15) is 43.6 Å². The minimum absolute atomic E-state index is 0.0127. The molecule has 130 heavy (non-hydrogen) atoms. The first-order valence-corrected chi connectivity index (χ1v) is 44.4. The third-order valence-electron chi connectivity index (χ3n) is 21.2. The van der Waals surface area contributed by atoms with E-state index in [-0.39, 0.29) is 127 Å². The maximum atomic E-state index is 14.4. The molecule has 11 atom stereocenters. The van der Waals surface area contributed by atoms with Crippen molar-refractivity contribution in [3.63, 3.8) is 0 Å². The molecule has 0 aromatic heterocycles. The lowest BCUT2D eigenvalue weighted by Gasteiger charge is -2.33. The Kier molecular flexibility index (Phi) is 53.8. The number of likely N-dealkylation sites (N-methyl/N-ethyl adjacent to an activating group) is 2. The number of esters is 2. The molecule has 2 aromatic rings. The third-order valence-corrected chi connectivity index (χ3v) is 21.2. The molecule has 0 radical (unpaired) electrons. The number of carbonyl (C=O) groups is 15. The van der Waals surface area contributed by atoms with Crippen LogP contribution in [0.3, 0.4) is 0 Å². The standard InChI is InChI=1S/C91H140N12O27/c1-15-61(7)81-85(112)97-66(12)89(116)130-82(62(8)16-2)64(10)73(29-24-63(9)88(115)129-74(53-59(3)4)84(111)96-65(11)86(113)102(14)71(54-67-21-18-17-19-22-67)87(114)101(13)56-77(107)100-81)128-58-95-91(118)127-57-68-25-27-70(28-26-68)98-83(110)69(23-20-34-94-90(92)117)55-72(104)80(60(5)6)99-76(106)33-37-119-39-41-121-43-45-123-47-49-125-51-52-126-50-48-124-46-44-122-42-40-120-38-35-93-75(105)32-36-103-78(108)30-31-79(103)109/h16-19,21-22,24-28,30-31,59-61,64-66,69,71,73-74,80-82H,15,20,23,29,32-58H2,1-14H3,(H,93,105)(H,95,118)(H,96,111)(H,97,112)(H,98,110)(H,99,106)(H,100,107)(H3,92,94,117)/b62-16+,63-24+/t61?,64-,65-,66+,69+,71+,73-,74+,80-,81-,82+/m0/s1. The smallest absolute Gasteiger partial charge is 0.409 e. The number of rotatable bonds is 53. The van der Waals surface area contributed by atoms with Crippen molar-refractivity contribution in [2.24, 2.45) is 35.3 Å². The van der Waals surface area contributed by atoms with E-state index in [1.165, 1.54) is 58.0 Å². The third kappa shape index (κ3) is 43.8. The fourth-order valence-electron chi connectivity index (χ4n) is 13.2. The SMILES string of the molecule is C/C=C(\C)[C@H]1OC(=O)[C@@H](C)NC(=O)[C@H](C(C)CC)NC(=O)CN(C)C(=O)[C@@H](Cc2ccccc2)N(C)C(=O)[C@H](C)NC(=O)[C@@H](CC(C)C)OC(=O)/C(C)=C/C[C@H](OCNC(=O)OCc2ccc(NC(=O)[C@H](CCCNC(N)=O)CC(=O)[C@@H](NC(=O)CCOCCOCCOCCOCCOCCOCCOCCOCCNC(=O)CCN3C(=O)C=CC3=O)C(C)C)cc2)[C@@H]1C. The van der Waals surface area contributed by atoms with Crippen molar-refractivity contribution in [3.05, 3.63) is 101 Å². The van der Waals surface area contributed by atoms with Crippen LogP contribution >= 0.6 is 0 Å². The molecular weight excluding hydrogens is 1690 g/mol. The summed E-state index contributed by atoms with van der Waals surface area (Å²) in [6, 6.07) is 8.63. The van der Waals surface area contributed by atoms with E-state index in [9.17, 15) is 71.9 Å². The zero-order chi connectivity index (χ0) is 96.0. The molecule has 10 N–H and O–H groups in total. The second kappa shape index (κ2) is 62.6. The molecule has 0 spiro atoms. The van der Waals surface area contributed by atoms with Gasteiger partial charge in [-0.2, -0.15) is 0 Å². The molecule has 726 valence electrons. The number of hydrogen-bond donors (Lipinski definition) is 9. The van der Waals surface area contributed by atoms with Crippen molar-refractivity contribution in [2.75, 3.05) is 158 Å². The molecule has 39 heteroatoms. The zero-order valence-corrected chi connectivity index (χ0v) is 77.9. The molecule has 39 nitrogen and oxygen atoms in total. The minimum atomic E-state index is -1.39. The van der Waals surface area contributed by atoms with E-state index >= 15 is 0 Å². The second-order valence-corrected chi connectivity index (χ2v) is 32.4. The fourth-order valence-corrected chi connectivity index (χ4v) is 13.2. The average molecular weight is 1830 g/mol. The van der Waals surface area contributed by atoms with Gasteiger partial charge < -0.3 is 110 Å². The van der Waals surface area contributed by atoms with Crippen LogP contribution in [0.2, 0.25) is 0 Å². The van der Waals surface area contributed by atoms with Crippen LogP contribution in [0, 0.1) is 29.6 Å². The Labute approximate surface area is 762 Å². The van der Waals surface area contributed by atoms with Crippen molar-refractivity contribution >= 4 is 94.6 Å². The van der Waals surface area contributed by atoms with Crippen molar-refractivity contribution < 1.29 is 129 Å². The van der Waals surface area contributed by atoms with Crippen LogP contribution in [0.25, 0.3) is 0 Å². The highest BCUT2D eigenvalue weighted by Crippen LogP contribution is 2.27. The van der Waals surface area contributed by atoms with Crippen LogP contribution in [0.5, 0.6) is 0 Å². The number of carbonyl (C=O) groups excluding carboxylic acids is 15. The molecule has 4 rings (SSSR count). The number of Topliss-reactive ketones (excluding diaryl/α,β-unsaturated/α-hetero) is 1. The fraction of sp³-hybridized carbons (Fsp3) is 0.637. The summed E-state index contributed by atoms with van der Waals surface area (Å²) in [5.41, 5.74) is 7.43. The summed E-state index contributed by atoms with van der Waals surface area (Å²) in [6.45, 7) is 24.4. The van der Waals surface area contributed by atoms with Gasteiger partial charge in [-0.25, -0.2) is 19.2 Å². The van der Waals surface area contributed by atoms with Gasteiger partial charge in [-0.3, -0.25) is 63.0 Å². The second-order valence-electron chi connectivity index (χ2n) is 32.4. The van der Waals surface area contributed by atoms with Gasteiger partial charge in [0.2, 0.25) is 41.4 Å². The average Bonchev–Trinajstić information content (AvgIpc) is 1.14. The van der Waals surface area contributed by atoms with E-state index in [0.29, 0.717) is 108 Å². The highest BCUT2D eigenvalue weighted by atomic mass is 16.6. The van der Waals surface area contributed by atoms with Crippen LogP contribution in [0.15, 0.2) is 90.0 Å². The number of imide groups is 1. The summed E-state index contributed by atoms with van der Waals surface area (Å²) in [7, 11) is 2.80. The number of cyclic esters (lactones) is 2. The van der Waals surface area contributed by atoms with Gasteiger partial charge in [0.25, 0.3) is 17.7 Å². The quantitative estimate of drug-likeness (QED) is 0.0112. The summed E-state index contributed by atoms with van der Waals surface area (Å²) in [5, 5.41) is 21.5. The predicted molar refractivity (Wildman–Crippen MR) is 477 cm³/mol. The largest absolute Gasteiger partial charge is 0.456 e.